The minimum atomic E-state index is -4.55. The molecule has 1 aromatic rings. The zero-order chi connectivity index (χ0) is 15.1. The fourth-order valence-electron chi connectivity index (χ4n) is 2.24. The molecule has 1 saturated carbocycles. The Bertz CT molecular complexity index is 528. The number of carbonyl (C=O) groups is 1. The van der Waals surface area contributed by atoms with Crippen LogP contribution in [0.5, 0.6) is 0 Å². The van der Waals surface area contributed by atoms with E-state index in [0.717, 1.165) is 18.6 Å². The summed E-state index contributed by atoms with van der Waals surface area (Å²) in [7, 11) is 1.61. The zero-order valence-corrected chi connectivity index (χ0v) is 11.4. The van der Waals surface area contributed by atoms with Gasteiger partial charge in [0.15, 0.2) is 0 Å². The van der Waals surface area contributed by atoms with Crippen LogP contribution in [0.4, 0.5) is 18.9 Å². The standard InChI is InChI=1S/C14H17F3N2O/c1-8-5-10(8)7-19(2)13(20)9-3-4-12(18)11(6-9)14(15,16)17/h3-4,6,8,10H,5,7,18H2,1-2H3. The van der Waals surface area contributed by atoms with Crippen LogP contribution >= 0.6 is 0 Å². The molecule has 0 aliphatic heterocycles. The molecule has 0 spiro atoms. The van der Waals surface area contributed by atoms with E-state index in [4.69, 9.17) is 5.73 Å². The molecule has 2 N–H and O–H groups in total. The molecule has 6 heteroatoms. The molecule has 0 radical (unpaired) electrons. The SMILES string of the molecule is CC1CC1CN(C)C(=O)c1ccc(N)c(C(F)(F)F)c1. The Labute approximate surface area is 115 Å². The molecule has 1 aromatic carbocycles. The maximum absolute atomic E-state index is 12.8. The van der Waals surface area contributed by atoms with Gasteiger partial charge in [0.2, 0.25) is 0 Å². The summed E-state index contributed by atoms with van der Waals surface area (Å²) < 4.78 is 38.3. The summed E-state index contributed by atoms with van der Waals surface area (Å²) >= 11 is 0. The number of anilines is 1. The van der Waals surface area contributed by atoms with Crippen LogP contribution in [0.1, 0.15) is 29.3 Å². The molecular weight excluding hydrogens is 269 g/mol. The van der Waals surface area contributed by atoms with Gasteiger partial charge in [-0.2, -0.15) is 13.2 Å². The highest BCUT2D eigenvalue weighted by Crippen LogP contribution is 2.38. The lowest BCUT2D eigenvalue weighted by Gasteiger charge is -2.18. The van der Waals surface area contributed by atoms with Crippen LogP contribution in [0.25, 0.3) is 0 Å². The fraction of sp³-hybridized carbons (Fsp3) is 0.500. The Balaban J connectivity index is 2.17. The van der Waals surface area contributed by atoms with E-state index in [2.05, 4.69) is 6.92 Å². The Morgan fingerprint density at radius 1 is 1.45 bits per heavy atom. The molecule has 1 aliphatic carbocycles. The summed E-state index contributed by atoms with van der Waals surface area (Å²) in [6, 6.07) is 3.29. The number of halogens is 3. The molecule has 0 saturated heterocycles. The van der Waals surface area contributed by atoms with Crippen molar-refractivity contribution < 1.29 is 18.0 Å². The average Bonchev–Trinajstić information content (AvgIpc) is 3.03. The average molecular weight is 286 g/mol. The summed E-state index contributed by atoms with van der Waals surface area (Å²) in [5, 5.41) is 0. The van der Waals surface area contributed by atoms with Crippen molar-refractivity contribution in [3.63, 3.8) is 0 Å². The number of hydrogen-bond acceptors (Lipinski definition) is 2. The molecule has 1 aliphatic rings. The number of rotatable bonds is 3. The molecule has 0 aromatic heterocycles. The number of carbonyl (C=O) groups excluding carboxylic acids is 1. The van der Waals surface area contributed by atoms with Gasteiger partial charge in [0.25, 0.3) is 5.91 Å². The van der Waals surface area contributed by atoms with Crippen molar-refractivity contribution in [1.29, 1.82) is 0 Å². The minimum absolute atomic E-state index is 0.0160. The van der Waals surface area contributed by atoms with Gasteiger partial charge in [-0.1, -0.05) is 6.92 Å². The summed E-state index contributed by atoms with van der Waals surface area (Å²) in [5.74, 6) is 0.636. The van der Waals surface area contributed by atoms with Crippen LogP contribution in [0.3, 0.4) is 0 Å². The number of nitrogen functional groups attached to an aromatic ring is 1. The van der Waals surface area contributed by atoms with E-state index in [0.29, 0.717) is 18.4 Å². The molecule has 20 heavy (non-hydrogen) atoms. The van der Waals surface area contributed by atoms with Crippen LogP contribution in [0.15, 0.2) is 18.2 Å². The van der Waals surface area contributed by atoms with Crippen molar-refractivity contribution in [2.75, 3.05) is 19.3 Å². The number of alkyl halides is 3. The molecule has 2 rings (SSSR count). The first-order valence-corrected chi connectivity index (χ1v) is 6.42. The second-order valence-electron chi connectivity index (χ2n) is 5.46. The molecule has 1 amide bonds. The number of hydrogen-bond donors (Lipinski definition) is 1. The van der Waals surface area contributed by atoms with Gasteiger partial charge in [0.1, 0.15) is 0 Å². The smallest absolute Gasteiger partial charge is 0.398 e. The highest BCUT2D eigenvalue weighted by molar-refractivity contribution is 5.94. The molecule has 3 nitrogen and oxygen atoms in total. The quantitative estimate of drug-likeness (QED) is 0.868. The van der Waals surface area contributed by atoms with E-state index >= 15 is 0 Å². The molecule has 1 fully saturated rings. The Morgan fingerprint density at radius 3 is 2.55 bits per heavy atom. The summed E-state index contributed by atoms with van der Waals surface area (Å²) in [6.07, 6.45) is -3.49. The van der Waals surface area contributed by atoms with Gasteiger partial charge in [-0.25, -0.2) is 0 Å². The number of nitrogens with two attached hydrogens (primary N) is 1. The normalized spacial score (nSPS) is 21.6. The monoisotopic (exact) mass is 286 g/mol. The third kappa shape index (κ3) is 3.05. The summed E-state index contributed by atoms with van der Waals surface area (Å²) in [6.45, 7) is 2.67. The maximum Gasteiger partial charge on any atom is 0.418 e. The summed E-state index contributed by atoms with van der Waals surface area (Å²) in [4.78, 5) is 13.6. The predicted octanol–water partition coefficient (Wildman–Crippen LogP) is 3.02. The molecular formula is C14H17F3N2O. The second-order valence-corrected chi connectivity index (χ2v) is 5.46. The van der Waals surface area contributed by atoms with Gasteiger partial charge in [-0.3, -0.25) is 4.79 Å². The third-order valence-corrected chi connectivity index (χ3v) is 3.74. The Hall–Kier alpha value is -1.72. The van der Waals surface area contributed by atoms with Gasteiger partial charge in [-0.15, -0.1) is 0 Å². The topological polar surface area (TPSA) is 46.3 Å². The van der Waals surface area contributed by atoms with E-state index in [1.165, 1.54) is 11.0 Å². The van der Waals surface area contributed by atoms with Crippen molar-refractivity contribution in [2.24, 2.45) is 11.8 Å². The van der Waals surface area contributed by atoms with Gasteiger partial charge in [0.05, 0.1) is 5.56 Å². The van der Waals surface area contributed by atoms with Crippen molar-refractivity contribution in [1.82, 2.24) is 4.90 Å². The highest BCUT2D eigenvalue weighted by atomic mass is 19.4. The number of amides is 1. The first kappa shape index (κ1) is 14.7. The minimum Gasteiger partial charge on any atom is -0.398 e. The second kappa shape index (κ2) is 5.00. The van der Waals surface area contributed by atoms with Crippen molar-refractivity contribution in [3.8, 4) is 0 Å². The highest BCUT2D eigenvalue weighted by Gasteiger charge is 2.36. The lowest BCUT2D eigenvalue weighted by molar-refractivity contribution is -0.136. The molecule has 2 unspecified atom stereocenters. The van der Waals surface area contributed by atoms with E-state index in [1.807, 2.05) is 0 Å². The molecule has 110 valence electrons. The van der Waals surface area contributed by atoms with Crippen molar-refractivity contribution >= 4 is 11.6 Å². The van der Waals surface area contributed by atoms with Gasteiger partial charge >= 0.3 is 6.18 Å². The van der Waals surface area contributed by atoms with Crippen LogP contribution in [-0.4, -0.2) is 24.4 Å². The largest absolute Gasteiger partial charge is 0.418 e. The van der Waals surface area contributed by atoms with Crippen LogP contribution < -0.4 is 5.73 Å². The molecule has 2 atom stereocenters. The zero-order valence-electron chi connectivity index (χ0n) is 11.4. The van der Waals surface area contributed by atoms with Gasteiger partial charge < -0.3 is 10.6 Å². The van der Waals surface area contributed by atoms with Gasteiger partial charge in [0, 0.05) is 24.8 Å². The Morgan fingerprint density at radius 2 is 2.05 bits per heavy atom. The van der Waals surface area contributed by atoms with Crippen molar-refractivity contribution in [2.45, 2.75) is 19.5 Å². The van der Waals surface area contributed by atoms with E-state index < -0.39 is 17.6 Å². The lowest BCUT2D eigenvalue weighted by atomic mass is 10.1. The molecule has 0 heterocycles. The number of nitrogens with zero attached hydrogens (tertiary/aromatic N) is 1. The third-order valence-electron chi connectivity index (χ3n) is 3.74. The fourth-order valence-corrected chi connectivity index (χ4v) is 2.24. The lowest BCUT2D eigenvalue weighted by Crippen LogP contribution is -2.29. The first-order chi connectivity index (χ1) is 9.20. The van der Waals surface area contributed by atoms with Gasteiger partial charge in [-0.05, 0) is 36.5 Å². The predicted molar refractivity (Wildman–Crippen MR) is 70.1 cm³/mol. The maximum atomic E-state index is 12.8. The van der Waals surface area contributed by atoms with Crippen LogP contribution in [0, 0.1) is 11.8 Å². The van der Waals surface area contributed by atoms with E-state index in [1.54, 1.807) is 7.05 Å². The van der Waals surface area contributed by atoms with Crippen LogP contribution in [0.2, 0.25) is 0 Å². The van der Waals surface area contributed by atoms with Crippen molar-refractivity contribution in [3.05, 3.63) is 29.3 Å². The molecule has 0 bridgehead atoms. The van der Waals surface area contributed by atoms with E-state index in [-0.39, 0.29) is 11.3 Å². The van der Waals surface area contributed by atoms with Crippen LogP contribution in [-0.2, 0) is 6.18 Å². The first-order valence-electron chi connectivity index (χ1n) is 6.42. The Kier molecular flexibility index (Phi) is 3.67. The summed E-state index contributed by atoms with van der Waals surface area (Å²) in [5.41, 5.74) is 4.00. The number of benzene rings is 1. The van der Waals surface area contributed by atoms with E-state index in [9.17, 15) is 18.0 Å².